The van der Waals surface area contributed by atoms with Gasteiger partial charge in [-0.15, -0.1) is 0 Å². The van der Waals surface area contributed by atoms with Crippen LogP contribution in [0.5, 0.6) is 5.88 Å². The number of hydrogen-bond acceptors (Lipinski definition) is 4. The maximum absolute atomic E-state index is 12.4. The molecule has 3 N–H and O–H groups in total. The SMILES string of the molecule is COc1ccc(CNC(=O)CCNC(=O)NC23CC4CC(CC(C4)C2)C3)cn1. The van der Waals surface area contributed by atoms with Gasteiger partial charge in [-0.05, 0) is 61.8 Å². The Morgan fingerprint density at radius 3 is 2.36 bits per heavy atom. The highest BCUT2D eigenvalue weighted by atomic mass is 16.5. The first-order valence-corrected chi connectivity index (χ1v) is 10.4. The molecule has 1 aromatic rings. The van der Waals surface area contributed by atoms with Crippen LogP contribution in [0.25, 0.3) is 0 Å². The molecule has 7 heteroatoms. The number of rotatable bonds is 7. The summed E-state index contributed by atoms with van der Waals surface area (Å²) in [6, 6.07) is 3.50. The molecule has 0 spiro atoms. The maximum atomic E-state index is 12.4. The largest absolute Gasteiger partial charge is 0.481 e. The first-order chi connectivity index (χ1) is 13.5. The van der Waals surface area contributed by atoms with E-state index in [1.165, 1.54) is 19.3 Å². The molecule has 4 aliphatic rings. The number of nitrogens with one attached hydrogen (secondary N) is 3. The molecule has 4 aliphatic carbocycles. The summed E-state index contributed by atoms with van der Waals surface area (Å²) < 4.78 is 5.01. The molecule has 7 nitrogen and oxygen atoms in total. The number of amides is 3. The second kappa shape index (κ2) is 7.97. The molecule has 0 aromatic carbocycles. The van der Waals surface area contributed by atoms with Crippen molar-refractivity contribution in [2.75, 3.05) is 13.7 Å². The van der Waals surface area contributed by atoms with Gasteiger partial charge in [0.1, 0.15) is 0 Å². The standard InChI is InChI=1S/C21H30N4O3/c1-28-19-3-2-14(13-24-19)12-23-18(26)4-5-22-20(27)25-21-9-15-6-16(10-21)8-17(7-15)11-21/h2-3,13,15-17H,4-12H2,1H3,(H,23,26)(H2,22,25,27). The van der Waals surface area contributed by atoms with E-state index in [1.807, 2.05) is 6.07 Å². The molecular weight excluding hydrogens is 356 g/mol. The molecule has 0 radical (unpaired) electrons. The number of carbonyl (C=O) groups is 2. The minimum Gasteiger partial charge on any atom is -0.481 e. The molecule has 28 heavy (non-hydrogen) atoms. The number of methoxy groups -OCH3 is 1. The third kappa shape index (κ3) is 4.39. The third-order valence-corrected chi connectivity index (χ3v) is 6.55. The number of nitrogens with zero attached hydrogens (tertiary/aromatic N) is 1. The highest BCUT2D eigenvalue weighted by Crippen LogP contribution is 2.55. The summed E-state index contributed by atoms with van der Waals surface area (Å²) >= 11 is 0. The molecule has 0 unspecified atom stereocenters. The van der Waals surface area contributed by atoms with Crippen molar-refractivity contribution in [1.82, 2.24) is 20.9 Å². The number of hydrogen-bond donors (Lipinski definition) is 3. The van der Waals surface area contributed by atoms with E-state index in [0.717, 1.165) is 42.6 Å². The lowest BCUT2D eigenvalue weighted by Gasteiger charge is -2.56. The highest BCUT2D eigenvalue weighted by Gasteiger charge is 2.51. The number of urea groups is 1. The summed E-state index contributed by atoms with van der Waals surface area (Å²) in [4.78, 5) is 28.5. The van der Waals surface area contributed by atoms with Gasteiger partial charge in [-0.3, -0.25) is 4.79 Å². The van der Waals surface area contributed by atoms with Gasteiger partial charge in [0.25, 0.3) is 0 Å². The number of pyridine rings is 1. The van der Waals surface area contributed by atoms with Crippen molar-refractivity contribution in [2.24, 2.45) is 17.8 Å². The van der Waals surface area contributed by atoms with Gasteiger partial charge in [0.05, 0.1) is 7.11 Å². The Morgan fingerprint density at radius 2 is 1.79 bits per heavy atom. The number of aromatic nitrogens is 1. The van der Waals surface area contributed by atoms with E-state index < -0.39 is 0 Å². The molecule has 3 amide bonds. The van der Waals surface area contributed by atoms with Crippen molar-refractivity contribution in [3.8, 4) is 5.88 Å². The molecule has 1 heterocycles. The van der Waals surface area contributed by atoms with Crippen LogP contribution in [-0.2, 0) is 11.3 Å². The van der Waals surface area contributed by atoms with E-state index in [0.29, 0.717) is 19.0 Å². The summed E-state index contributed by atoms with van der Waals surface area (Å²) in [6.45, 7) is 0.750. The lowest BCUT2D eigenvalue weighted by atomic mass is 9.53. The monoisotopic (exact) mass is 386 g/mol. The normalized spacial score (nSPS) is 30.0. The van der Waals surface area contributed by atoms with Crippen LogP contribution in [0.3, 0.4) is 0 Å². The Morgan fingerprint density at radius 1 is 1.11 bits per heavy atom. The zero-order valence-corrected chi connectivity index (χ0v) is 16.5. The summed E-state index contributed by atoms with van der Waals surface area (Å²) in [7, 11) is 1.57. The third-order valence-electron chi connectivity index (χ3n) is 6.55. The molecular formula is C21H30N4O3. The Labute approximate surface area is 166 Å². The first-order valence-electron chi connectivity index (χ1n) is 10.4. The average Bonchev–Trinajstić information content (AvgIpc) is 2.65. The molecule has 0 saturated heterocycles. The van der Waals surface area contributed by atoms with Crippen LogP contribution in [0.4, 0.5) is 4.79 Å². The molecule has 0 atom stereocenters. The second-order valence-electron chi connectivity index (χ2n) is 8.81. The van der Waals surface area contributed by atoms with Crippen LogP contribution in [0.15, 0.2) is 18.3 Å². The van der Waals surface area contributed by atoms with E-state index in [9.17, 15) is 9.59 Å². The summed E-state index contributed by atoms with van der Waals surface area (Å²) in [5.74, 6) is 2.84. The van der Waals surface area contributed by atoms with Crippen LogP contribution < -0.4 is 20.7 Å². The molecule has 5 rings (SSSR count). The van der Waals surface area contributed by atoms with Crippen LogP contribution in [0, 0.1) is 17.8 Å². The van der Waals surface area contributed by atoms with Crippen LogP contribution in [-0.4, -0.2) is 36.1 Å². The van der Waals surface area contributed by atoms with Crippen molar-refractivity contribution in [1.29, 1.82) is 0 Å². The Kier molecular flexibility index (Phi) is 5.42. The summed E-state index contributed by atoms with van der Waals surface area (Å²) in [5.41, 5.74) is 0.907. The minimum absolute atomic E-state index is 0.00244. The van der Waals surface area contributed by atoms with Gasteiger partial charge in [-0.1, -0.05) is 6.07 Å². The molecule has 1 aromatic heterocycles. The molecule has 4 fully saturated rings. The van der Waals surface area contributed by atoms with E-state index in [1.54, 1.807) is 19.4 Å². The zero-order valence-electron chi connectivity index (χ0n) is 16.5. The zero-order chi connectivity index (χ0) is 19.6. The van der Waals surface area contributed by atoms with Gasteiger partial charge < -0.3 is 20.7 Å². The fraction of sp³-hybridized carbons (Fsp3) is 0.667. The second-order valence-corrected chi connectivity index (χ2v) is 8.81. The van der Waals surface area contributed by atoms with Crippen molar-refractivity contribution in [3.05, 3.63) is 23.9 Å². The number of ether oxygens (including phenoxy) is 1. The quantitative estimate of drug-likeness (QED) is 0.671. The predicted molar refractivity (Wildman–Crippen MR) is 105 cm³/mol. The summed E-state index contributed by atoms with van der Waals surface area (Å²) in [6.07, 6.45) is 9.38. The predicted octanol–water partition coefficient (Wildman–Crippen LogP) is 2.36. The fourth-order valence-corrected chi connectivity index (χ4v) is 5.76. The van der Waals surface area contributed by atoms with Gasteiger partial charge in [-0.25, -0.2) is 9.78 Å². The molecule has 0 aliphatic heterocycles. The molecule has 152 valence electrons. The van der Waals surface area contributed by atoms with Crippen LogP contribution in [0.1, 0.15) is 50.5 Å². The lowest BCUT2D eigenvalue weighted by molar-refractivity contribution is -0.121. The molecule has 4 bridgehead atoms. The minimum atomic E-state index is -0.130. The number of carbonyl (C=O) groups excluding carboxylic acids is 2. The van der Waals surface area contributed by atoms with Crippen LogP contribution in [0.2, 0.25) is 0 Å². The fourth-order valence-electron chi connectivity index (χ4n) is 5.76. The van der Waals surface area contributed by atoms with Crippen LogP contribution >= 0.6 is 0 Å². The topological polar surface area (TPSA) is 92.4 Å². The highest BCUT2D eigenvalue weighted by molar-refractivity contribution is 5.78. The van der Waals surface area contributed by atoms with Crippen molar-refractivity contribution < 1.29 is 14.3 Å². The van der Waals surface area contributed by atoms with Crippen molar-refractivity contribution in [3.63, 3.8) is 0 Å². The van der Waals surface area contributed by atoms with E-state index in [2.05, 4.69) is 20.9 Å². The van der Waals surface area contributed by atoms with Gasteiger partial charge >= 0.3 is 6.03 Å². The van der Waals surface area contributed by atoms with Gasteiger partial charge in [0.15, 0.2) is 0 Å². The van der Waals surface area contributed by atoms with E-state index in [4.69, 9.17) is 4.74 Å². The van der Waals surface area contributed by atoms with Gasteiger partial charge in [0.2, 0.25) is 11.8 Å². The van der Waals surface area contributed by atoms with Crippen molar-refractivity contribution in [2.45, 2.75) is 57.0 Å². The van der Waals surface area contributed by atoms with E-state index in [-0.39, 0.29) is 23.9 Å². The summed E-state index contributed by atoms with van der Waals surface area (Å²) in [5, 5.41) is 8.97. The maximum Gasteiger partial charge on any atom is 0.315 e. The Balaban J connectivity index is 1.16. The smallest absolute Gasteiger partial charge is 0.315 e. The molecule has 4 saturated carbocycles. The van der Waals surface area contributed by atoms with Gasteiger partial charge in [0, 0.05) is 37.3 Å². The average molecular weight is 386 g/mol. The Bertz CT molecular complexity index is 684. The Hall–Kier alpha value is -2.31. The van der Waals surface area contributed by atoms with E-state index >= 15 is 0 Å². The van der Waals surface area contributed by atoms with Gasteiger partial charge in [-0.2, -0.15) is 0 Å². The van der Waals surface area contributed by atoms with Crippen molar-refractivity contribution >= 4 is 11.9 Å². The first kappa shape index (κ1) is 19.0. The lowest BCUT2D eigenvalue weighted by Crippen LogP contribution is -2.61.